The number of carbonyl (C=O) groups excluding carboxylic acids is 1. The first kappa shape index (κ1) is 16.1. The maximum absolute atomic E-state index is 12.4. The minimum absolute atomic E-state index is 0.00444. The Balaban J connectivity index is 1.30. The Morgan fingerprint density at radius 1 is 1.20 bits per heavy atom. The van der Waals surface area contributed by atoms with Crippen LogP contribution in [-0.2, 0) is 0 Å². The molecule has 4 rings (SSSR count). The molecule has 6 nitrogen and oxygen atoms in total. The minimum Gasteiger partial charge on any atom is -0.321 e. The first-order chi connectivity index (χ1) is 12.2. The number of H-pyrrole nitrogens is 1. The van der Waals surface area contributed by atoms with Crippen molar-refractivity contribution in [2.75, 3.05) is 25.0 Å². The van der Waals surface area contributed by atoms with Crippen molar-refractivity contribution in [1.29, 1.82) is 0 Å². The molecule has 0 bridgehead atoms. The third-order valence-electron chi connectivity index (χ3n) is 5.42. The molecule has 1 unspecified atom stereocenters. The van der Waals surface area contributed by atoms with Gasteiger partial charge >= 0.3 is 6.03 Å². The maximum atomic E-state index is 12.4. The van der Waals surface area contributed by atoms with Crippen LogP contribution in [0.4, 0.5) is 10.5 Å². The average molecular weight is 339 g/mol. The van der Waals surface area contributed by atoms with E-state index in [9.17, 15) is 4.79 Å². The van der Waals surface area contributed by atoms with Crippen LogP contribution in [0.2, 0.25) is 0 Å². The summed E-state index contributed by atoms with van der Waals surface area (Å²) in [5.74, 6) is 0. The van der Waals surface area contributed by atoms with Crippen LogP contribution < -0.4 is 5.32 Å². The van der Waals surface area contributed by atoms with Crippen LogP contribution in [0.3, 0.4) is 0 Å². The molecule has 0 aliphatic carbocycles. The van der Waals surface area contributed by atoms with Crippen molar-refractivity contribution in [3.05, 3.63) is 36.5 Å². The third kappa shape index (κ3) is 3.39. The Bertz CT molecular complexity index is 706. The second-order valence-electron chi connectivity index (χ2n) is 7.12. The molecule has 2 aliphatic heterocycles. The van der Waals surface area contributed by atoms with E-state index in [1.807, 2.05) is 35.2 Å². The van der Waals surface area contributed by atoms with E-state index < -0.39 is 0 Å². The average Bonchev–Trinajstić information content (AvgIpc) is 3.10. The molecule has 2 aliphatic rings. The number of aromatic nitrogens is 2. The van der Waals surface area contributed by atoms with Gasteiger partial charge in [-0.05, 0) is 50.1 Å². The van der Waals surface area contributed by atoms with Gasteiger partial charge in [0.1, 0.15) is 0 Å². The van der Waals surface area contributed by atoms with Gasteiger partial charge in [0.2, 0.25) is 0 Å². The molecule has 1 aromatic heterocycles. The molecule has 2 aromatic rings. The van der Waals surface area contributed by atoms with Crippen LogP contribution in [0, 0.1) is 0 Å². The highest BCUT2D eigenvalue weighted by Crippen LogP contribution is 2.25. The molecule has 2 saturated heterocycles. The van der Waals surface area contributed by atoms with Gasteiger partial charge in [-0.2, -0.15) is 5.10 Å². The van der Waals surface area contributed by atoms with Gasteiger partial charge < -0.3 is 10.2 Å². The first-order valence-electron chi connectivity index (χ1n) is 9.12. The number of nitrogens with one attached hydrogen (secondary N) is 2. The number of hydrogen-bond donors (Lipinski definition) is 2. The lowest BCUT2D eigenvalue weighted by Gasteiger charge is -2.49. The lowest BCUT2D eigenvalue weighted by Crippen LogP contribution is -2.64. The highest BCUT2D eigenvalue weighted by Gasteiger charge is 2.37. The molecule has 0 radical (unpaired) electrons. The lowest BCUT2D eigenvalue weighted by atomic mass is 9.98. The van der Waals surface area contributed by atoms with Gasteiger partial charge in [-0.25, -0.2) is 4.79 Å². The number of hydrogen-bond acceptors (Lipinski definition) is 3. The smallest absolute Gasteiger partial charge is 0.321 e. The van der Waals surface area contributed by atoms with E-state index in [4.69, 9.17) is 0 Å². The van der Waals surface area contributed by atoms with E-state index >= 15 is 0 Å². The van der Waals surface area contributed by atoms with Gasteiger partial charge in [0.05, 0.1) is 5.69 Å². The molecule has 0 spiro atoms. The molecule has 2 fully saturated rings. The summed E-state index contributed by atoms with van der Waals surface area (Å²) in [6.45, 7) is 5.16. The van der Waals surface area contributed by atoms with Gasteiger partial charge in [-0.3, -0.25) is 10.00 Å². The lowest BCUT2D eigenvalue weighted by molar-refractivity contribution is 0.0199. The fourth-order valence-corrected chi connectivity index (χ4v) is 3.85. The fraction of sp³-hybridized carbons (Fsp3) is 0.474. The quantitative estimate of drug-likeness (QED) is 0.903. The molecule has 1 aromatic carbocycles. The Morgan fingerprint density at radius 2 is 2.00 bits per heavy atom. The summed E-state index contributed by atoms with van der Waals surface area (Å²) in [7, 11) is 0. The van der Waals surface area contributed by atoms with Crippen LogP contribution in [-0.4, -0.2) is 57.7 Å². The van der Waals surface area contributed by atoms with E-state index in [2.05, 4.69) is 27.3 Å². The van der Waals surface area contributed by atoms with Crippen molar-refractivity contribution in [3.8, 4) is 11.3 Å². The highest BCUT2D eigenvalue weighted by atomic mass is 16.2. The predicted octanol–water partition coefficient (Wildman–Crippen LogP) is 3.17. The summed E-state index contributed by atoms with van der Waals surface area (Å²) >= 11 is 0. The monoisotopic (exact) mass is 339 g/mol. The number of nitrogens with zero attached hydrogens (tertiary/aromatic N) is 3. The molecule has 6 heteroatoms. The summed E-state index contributed by atoms with van der Waals surface area (Å²) in [5, 5.41) is 9.89. The minimum atomic E-state index is -0.00444. The van der Waals surface area contributed by atoms with Crippen molar-refractivity contribution >= 4 is 11.7 Å². The second-order valence-corrected chi connectivity index (χ2v) is 7.12. The number of anilines is 1. The van der Waals surface area contributed by atoms with Crippen LogP contribution in [0.25, 0.3) is 11.3 Å². The zero-order valence-corrected chi connectivity index (χ0v) is 14.6. The van der Waals surface area contributed by atoms with Gasteiger partial charge in [-0.1, -0.05) is 18.6 Å². The summed E-state index contributed by atoms with van der Waals surface area (Å²) in [6, 6.07) is 10.9. The molecule has 3 heterocycles. The van der Waals surface area contributed by atoms with E-state index in [-0.39, 0.29) is 6.03 Å². The Labute approximate surface area is 148 Å². The number of carbonyl (C=O) groups is 1. The number of benzene rings is 1. The Morgan fingerprint density at radius 3 is 2.68 bits per heavy atom. The predicted molar refractivity (Wildman–Crippen MR) is 98.4 cm³/mol. The van der Waals surface area contributed by atoms with Gasteiger partial charge in [0, 0.05) is 37.1 Å². The first-order valence-corrected chi connectivity index (χ1v) is 9.12. The number of amides is 2. The van der Waals surface area contributed by atoms with Crippen LogP contribution >= 0.6 is 0 Å². The molecule has 2 N–H and O–H groups in total. The van der Waals surface area contributed by atoms with Crippen molar-refractivity contribution < 1.29 is 4.79 Å². The van der Waals surface area contributed by atoms with Gasteiger partial charge in [0.15, 0.2) is 0 Å². The number of likely N-dealkylation sites (tertiary alicyclic amines) is 2. The van der Waals surface area contributed by atoms with Crippen molar-refractivity contribution in [2.24, 2.45) is 0 Å². The van der Waals surface area contributed by atoms with E-state index in [0.29, 0.717) is 12.1 Å². The summed E-state index contributed by atoms with van der Waals surface area (Å²) < 4.78 is 0. The fourth-order valence-electron chi connectivity index (χ4n) is 3.85. The number of aromatic amines is 1. The maximum Gasteiger partial charge on any atom is 0.321 e. The van der Waals surface area contributed by atoms with Crippen LogP contribution in [0.15, 0.2) is 36.5 Å². The number of rotatable bonds is 3. The summed E-state index contributed by atoms with van der Waals surface area (Å²) in [4.78, 5) is 16.9. The number of piperidine rings is 1. The largest absolute Gasteiger partial charge is 0.321 e. The van der Waals surface area contributed by atoms with Crippen molar-refractivity contribution in [2.45, 2.75) is 38.3 Å². The zero-order valence-electron chi connectivity index (χ0n) is 14.6. The van der Waals surface area contributed by atoms with Crippen LogP contribution in [0.1, 0.15) is 26.2 Å². The molecule has 0 saturated carbocycles. The standard InChI is InChI=1S/C19H25N5O/c1-14-4-2-3-11-24(14)17-12-23(13-17)19(25)21-16-7-5-15(6-8-16)18-9-10-20-22-18/h5-10,14,17H,2-4,11-13H2,1H3,(H,20,22)(H,21,25). The van der Waals surface area contributed by atoms with Gasteiger partial charge in [0.25, 0.3) is 0 Å². The van der Waals surface area contributed by atoms with Gasteiger partial charge in [-0.15, -0.1) is 0 Å². The third-order valence-corrected chi connectivity index (χ3v) is 5.42. The Kier molecular flexibility index (Phi) is 4.44. The second kappa shape index (κ2) is 6.88. The molecule has 132 valence electrons. The van der Waals surface area contributed by atoms with E-state index in [1.54, 1.807) is 6.20 Å². The van der Waals surface area contributed by atoms with Crippen LogP contribution in [0.5, 0.6) is 0 Å². The van der Waals surface area contributed by atoms with E-state index in [1.165, 1.54) is 25.8 Å². The molecular weight excluding hydrogens is 314 g/mol. The zero-order chi connectivity index (χ0) is 17.2. The Hall–Kier alpha value is -2.34. The molecular formula is C19H25N5O. The summed E-state index contributed by atoms with van der Waals surface area (Å²) in [6.07, 6.45) is 5.64. The molecule has 2 amide bonds. The normalized spacial score (nSPS) is 21.8. The molecule has 25 heavy (non-hydrogen) atoms. The van der Waals surface area contributed by atoms with Crippen molar-refractivity contribution in [1.82, 2.24) is 20.0 Å². The topological polar surface area (TPSA) is 64.3 Å². The highest BCUT2D eigenvalue weighted by molar-refractivity contribution is 5.90. The van der Waals surface area contributed by atoms with E-state index in [0.717, 1.165) is 30.0 Å². The molecule has 1 atom stereocenters. The SMILES string of the molecule is CC1CCCCN1C1CN(C(=O)Nc2ccc(-c3ccn[nH]3)cc2)C1. The number of urea groups is 1. The summed E-state index contributed by atoms with van der Waals surface area (Å²) in [5.41, 5.74) is 2.85. The van der Waals surface area contributed by atoms with Crippen molar-refractivity contribution in [3.63, 3.8) is 0 Å².